The van der Waals surface area contributed by atoms with Crippen molar-refractivity contribution in [2.24, 2.45) is 13.0 Å². The number of carbonyl (C=O) groups is 1. The highest BCUT2D eigenvalue weighted by atomic mass is 16.4. The first-order chi connectivity index (χ1) is 12.0. The minimum absolute atomic E-state index is 0.202. The van der Waals surface area contributed by atoms with Gasteiger partial charge in [-0.25, -0.2) is 9.78 Å². The van der Waals surface area contributed by atoms with Gasteiger partial charge in [0.05, 0.1) is 12.2 Å². The molecule has 3 rings (SSSR count). The predicted molar refractivity (Wildman–Crippen MR) is 94.2 cm³/mol. The van der Waals surface area contributed by atoms with Crippen molar-refractivity contribution in [3.63, 3.8) is 0 Å². The first kappa shape index (κ1) is 17.5. The molecular formula is C17H26N6O2. The molecule has 8 nitrogen and oxygen atoms in total. The summed E-state index contributed by atoms with van der Waals surface area (Å²) in [5, 5.41) is 9.80. The van der Waals surface area contributed by atoms with Crippen molar-refractivity contribution >= 4 is 11.8 Å². The van der Waals surface area contributed by atoms with Crippen LogP contribution in [0.3, 0.4) is 0 Å². The van der Waals surface area contributed by atoms with E-state index in [1.807, 2.05) is 20.9 Å². The summed E-state index contributed by atoms with van der Waals surface area (Å²) in [6, 6.07) is 1.57. The first-order valence-corrected chi connectivity index (χ1v) is 8.69. The molecular weight excluding hydrogens is 320 g/mol. The molecule has 136 valence electrons. The van der Waals surface area contributed by atoms with Crippen molar-refractivity contribution in [2.45, 2.75) is 33.2 Å². The first-order valence-electron chi connectivity index (χ1n) is 8.69. The van der Waals surface area contributed by atoms with E-state index in [0.717, 1.165) is 49.8 Å². The Morgan fingerprint density at radius 2 is 2.12 bits per heavy atom. The van der Waals surface area contributed by atoms with E-state index in [1.54, 1.807) is 16.9 Å². The zero-order chi connectivity index (χ0) is 17.8. The molecule has 1 aliphatic rings. The van der Waals surface area contributed by atoms with E-state index in [9.17, 15) is 4.79 Å². The Morgan fingerprint density at radius 1 is 1.36 bits per heavy atom. The fraction of sp³-hybridized carbons (Fsp3) is 0.588. The van der Waals surface area contributed by atoms with Crippen LogP contribution in [0.1, 0.15) is 30.2 Å². The lowest BCUT2D eigenvalue weighted by Gasteiger charge is -2.31. The van der Waals surface area contributed by atoms with E-state index in [0.29, 0.717) is 18.3 Å². The average molecular weight is 346 g/mol. The third-order valence-corrected chi connectivity index (χ3v) is 4.65. The van der Waals surface area contributed by atoms with Gasteiger partial charge >= 0.3 is 6.03 Å². The van der Waals surface area contributed by atoms with Gasteiger partial charge < -0.3 is 9.73 Å². The SMILES string of the molecule is Cc1nc(CN2CCC(CNC(=O)Nc3ccn(C)n3)CC2)oc1C. The molecule has 8 heteroatoms. The Balaban J connectivity index is 1.36. The van der Waals surface area contributed by atoms with Crippen molar-refractivity contribution in [1.82, 2.24) is 25.0 Å². The van der Waals surface area contributed by atoms with Gasteiger partial charge in [0, 0.05) is 25.9 Å². The molecule has 2 aromatic rings. The Kier molecular flexibility index (Phi) is 5.37. The molecule has 0 aliphatic carbocycles. The number of nitrogens with zero attached hydrogens (tertiary/aromatic N) is 4. The topological polar surface area (TPSA) is 88.2 Å². The maximum Gasteiger partial charge on any atom is 0.320 e. The van der Waals surface area contributed by atoms with E-state index >= 15 is 0 Å². The number of aromatic nitrogens is 3. The molecule has 1 saturated heterocycles. The number of hydrogen-bond donors (Lipinski definition) is 2. The van der Waals surface area contributed by atoms with Crippen LogP contribution in [0.25, 0.3) is 0 Å². The van der Waals surface area contributed by atoms with Crippen LogP contribution in [0, 0.1) is 19.8 Å². The lowest BCUT2D eigenvalue weighted by molar-refractivity contribution is 0.162. The fourth-order valence-corrected chi connectivity index (χ4v) is 3.03. The Hall–Kier alpha value is -2.35. The van der Waals surface area contributed by atoms with Crippen LogP contribution in [0.5, 0.6) is 0 Å². The van der Waals surface area contributed by atoms with Crippen LogP contribution in [-0.2, 0) is 13.6 Å². The van der Waals surface area contributed by atoms with Crippen LogP contribution >= 0.6 is 0 Å². The molecule has 0 unspecified atom stereocenters. The molecule has 2 aromatic heterocycles. The van der Waals surface area contributed by atoms with Crippen molar-refractivity contribution in [3.05, 3.63) is 29.6 Å². The summed E-state index contributed by atoms with van der Waals surface area (Å²) in [5.41, 5.74) is 0.966. The van der Waals surface area contributed by atoms with Gasteiger partial charge in [0.15, 0.2) is 5.82 Å². The zero-order valence-electron chi connectivity index (χ0n) is 15.1. The van der Waals surface area contributed by atoms with E-state index in [2.05, 4.69) is 25.6 Å². The monoisotopic (exact) mass is 346 g/mol. The Labute approximate surface area is 147 Å². The summed E-state index contributed by atoms with van der Waals surface area (Å²) in [7, 11) is 1.82. The quantitative estimate of drug-likeness (QED) is 0.865. The summed E-state index contributed by atoms with van der Waals surface area (Å²) >= 11 is 0. The van der Waals surface area contributed by atoms with Crippen LogP contribution in [-0.4, -0.2) is 45.3 Å². The summed E-state index contributed by atoms with van der Waals surface area (Å²) in [5.74, 6) is 2.75. The van der Waals surface area contributed by atoms with Gasteiger partial charge in [-0.15, -0.1) is 0 Å². The van der Waals surface area contributed by atoms with Crippen molar-refractivity contribution < 1.29 is 9.21 Å². The van der Waals surface area contributed by atoms with E-state index in [-0.39, 0.29) is 6.03 Å². The number of anilines is 1. The number of urea groups is 1. The largest absolute Gasteiger partial charge is 0.444 e. The van der Waals surface area contributed by atoms with Gasteiger partial charge in [-0.2, -0.15) is 5.10 Å². The number of nitrogens with one attached hydrogen (secondary N) is 2. The van der Waals surface area contributed by atoms with Gasteiger partial charge in [-0.3, -0.25) is 14.9 Å². The minimum atomic E-state index is -0.202. The number of carbonyl (C=O) groups excluding carboxylic acids is 1. The number of hydrogen-bond acceptors (Lipinski definition) is 5. The van der Waals surface area contributed by atoms with Gasteiger partial charge in [0.1, 0.15) is 5.76 Å². The molecule has 1 fully saturated rings. The Bertz CT molecular complexity index is 695. The second-order valence-corrected chi connectivity index (χ2v) is 6.68. The number of amides is 2. The number of likely N-dealkylation sites (tertiary alicyclic amines) is 1. The third kappa shape index (κ3) is 4.82. The van der Waals surface area contributed by atoms with Crippen molar-refractivity contribution in [2.75, 3.05) is 25.0 Å². The summed E-state index contributed by atoms with van der Waals surface area (Å²) in [4.78, 5) is 18.7. The molecule has 0 radical (unpaired) electrons. The molecule has 0 spiro atoms. The smallest absolute Gasteiger partial charge is 0.320 e. The lowest BCUT2D eigenvalue weighted by atomic mass is 9.97. The van der Waals surface area contributed by atoms with E-state index in [4.69, 9.17) is 4.42 Å². The lowest BCUT2D eigenvalue weighted by Crippen LogP contribution is -2.39. The van der Waals surface area contributed by atoms with E-state index in [1.165, 1.54) is 0 Å². The van der Waals surface area contributed by atoms with E-state index < -0.39 is 0 Å². The van der Waals surface area contributed by atoms with Crippen LogP contribution < -0.4 is 10.6 Å². The summed E-state index contributed by atoms with van der Waals surface area (Å²) in [6.07, 6.45) is 3.91. The van der Waals surface area contributed by atoms with Crippen molar-refractivity contribution in [1.29, 1.82) is 0 Å². The number of rotatable bonds is 5. The zero-order valence-corrected chi connectivity index (χ0v) is 15.1. The maximum atomic E-state index is 11.9. The summed E-state index contributed by atoms with van der Waals surface area (Å²) in [6.45, 7) is 7.35. The van der Waals surface area contributed by atoms with Gasteiger partial charge in [0.25, 0.3) is 0 Å². The molecule has 0 saturated carbocycles. The third-order valence-electron chi connectivity index (χ3n) is 4.65. The molecule has 3 heterocycles. The minimum Gasteiger partial charge on any atom is -0.444 e. The molecule has 1 aliphatic heterocycles. The van der Waals surface area contributed by atoms with Gasteiger partial charge in [0.2, 0.25) is 5.89 Å². The second kappa shape index (κ2) is 7.69. The number of oxazole rings is 1. The number of aryl methyl sites for hydroxylation is 3. The molecule has 0 atom stereocenters. The maximum absolute atomic E-state index is 11.9. The standard InChI is InChI=1S/C17H26N6O2/c1-12-13(2)25-16(19-12)11-23-8-4-14(5-9-23)10-18-17(24)20-15-6-7-22(3)21-15/h6-7,14H,4-5,8-11H2,1-3H3,(H2,18,20,21,24). The molecule has 2 N–H and O–H groups in total. The molecule has 2 amide bonds. The highest BCUT2D eigenvalue weighted by Gasteiger charge is 2.21. The highest BCUT2D eigenvalue weighted by Crippen LogP contribution is 2.19. The normalized spacial score (nSPS) is 16.1. The molecule has 25 heavy (non-hydrogen) atoms. The van der Waals surface area contributed by atoms with Crippen LogP contribution in [0.2, 0.25) is 0 Å². The van der Waals surface area contributed by atoms with Crippen molar-refractivity contribution in [3.8, 4) is 0 Å². The summed E-state index contributed by atoms with van der Waals surface area (Å²) < 4.78 is 7.31. The molecule has 0 bridgehead atoms. The fourth-order valence-electron chi connectivity index (χ4n) is 3.03. The van der Waals surface area contributed by atoms with Gasteiger partial charge in [-0.05, 0) is 45.7 Å². The van der Waals surface area contributed by atoms with Gasteiger partial charge in [-0.1, -0.05) is 0 Å². The highest BCUT2D eigenvalue weighted by molar-refractivity contribution is 5.88. The number of piperidine rings is 1. The molecule has 0 aromatic carbocycles. The van der Waals surface area contributed by atoms with Crippen LogP contribution in [0.4, 0.5) is 10.6 Å². The van der Waals surface area contributed by atoms with Crippen LogP contribution in [0.15, 0.2) is 16.7 Å². The second-order valence-electron chi connectivity index (χ2n) is 6.68. The predicted octanol–water partition coefficient (Wildman–Crippen LogP) is 2.06. The Morgan fingerprint density at radius 3 is 2.72 bits per heavy atom. The average Bonchev–Trinajstić information content (AvgIpc) is 3.12.